The Morgan fingerprint density at radius 2 is 1.44 bits per heavy atom. The molecule has 1 N–H and O–H groups in total. The lowest BCUT2D eigenvalue weighted by molar-refractivity contribution is 0.0106. The van der Waals surface area contributed by atoms with Crippen LogP contribution in [0.4, 0.5) is 0 Å². The van der Waals surface area contributed by atoms with Crippen LogP contribution in [-0.2, 0) is 22.7 Å². The molecule has 0 saturated carbocycles. The van der Waals surface area contributed by atoms with Gasteiger partial charge in [0.15, 0.2) is 0 Å². The summed E-state index contributed by atoms with van der Waals surface area (Å²) in [5.41, 5.74) is 3.74. The maximum Gasteiger partial charge on any atom is 0.119 e. The zero-order valence-corrected chi connectivity index (χ0v) is 18.6. The first-order chi connectivity index (χ1) is 15.9. The average molecular weight is 432 g/mol. The van der Waals surface area contributed by atoms with Crippen molar-refractivity contribution in [3.05, 3.63) is 102 Å². The summed E-state index contributed by atoms with van der Waals surface area (Å²) in [5, 5.41) is 3.48. The van der Waals surface area contributed by atoms with Crippen LogP contribution in [0.3, 0.4) is 0 Å². The van der Waals surface area contributed by atoms with Crippen LogP contribution in [0.1, 0.15) is 35.4 Å². The van der Waals surface area contributed by atoms with Crippen molar-refractivity contribution in [3.63, 3.8) is 0 Å². The standard InChI is InChI=1S/C28H33NO3/c1-3-8-23(9-4-1)21-30-18-7-19-31-26-14-12-25(13-15-26)27-16-17-29-20-28(27)32-22-24-10-5-2-6-11-24/h1-6,8-15,27-29H,7,16-22H2. The summed E-state index contributed by atoms with van der Waals surface area (Å²) < 4.78 is 17.9. The van der Waals surface area contributed by atoms with Crippen LogP contribution in [0.25, 0.3) is 0 Å². The van der Waals surface area contributed by atoms with Gasteiger partial charge in [0.2, 0.25) is 0 Å². The van der Waals surface area contributed by atoms with Gasteiger partial charge >= 0.3 is 0 Å². The van der Waals surface area contributed by atoms with Crippen LogP contribution in [0.2, 0.25) is 0 Å². The second kappa shape index (κ2) is 12.4. The van der Waals surface area contributed by atoms with Crippen molar-refractivity contribution in [3.8, 4) is 5.75 Å². The molecule has 168 valence electrons. The molecule has 1 aliphatic heterocycles. The maximum atomic E-state index is 6.29. The topological polar surface area (TPSA) is 39.7 Å². The SMILES string of the molecule is c1ccc(COCCCOc2ccc(C3CCNCC3OCc3ccccc3)cc2)cc1. The van der Waals surface area contributed by atoms with Crippen molar-refractivity contribution in [1.82, 2.24) is 5.32 Å². The summed E-state index contributed by atoms with van der Waals surface area (Å²) in [6, 6.07) is 29.2. The first kappa shape index (κ1) is 22.5. The number of piperidine rings is 1. The number of hydrogen-bond donors (Lipinski definition) is 1. The third-order valence-corrected chi connectivity index (χ3v) is 5.85. The fourth-order valence-corrected chi connectivity index (χ4v) is 4.09. The highest BCUT2D eigenvalue weighted by molar-refractivity contribution is 5.30. The van der Waals surface area contributed by atoms with E-state index in [0.717, 1.165) is 31.7 Å². The quantitative estimate of drug-likeness (QED) is 0.416. The predicted molar refractivity (Wildman–Crippen MR) is 128 cm³/mol. The first-order valence-corrected chi connectivity index (χ1v) is 11.6. The van der Waals surface area contributed by atoms with Crippen LogP contribution in [-0.4, -0.2) is 32.4 Å². The van der Waals surface area contributed by atoms with E-state index in [2.05, 4.69) is 66.0 Å². The lowest BCUT2D eigenvalue weighted by Gasteiger charge is -2.32. The van der Waals surface area contributed by atoms with Gasteiger partial charge in [-0.15, -0.1) is 0 Å². The van der Waals surface area contributed by atoms with E-state index in [0.29, 0.717) is 32.3 Å². The Bertz CT molecular complexity index is 899. The van der Waals surface area contributed by atoms with Crippen LogP contribution < -0.4 is 10.1 Å². The molecule has 0 bridgehead atoms. The molecule has 0 aliphatic carbocycles. The lowest BCUT2D eigenvalue weighted by atomic mass is 9.87. The Labute approximate surface area is 191 Å². The van der Waals surface area contributed by atoms with E-state index < -0.39 is 0 Å². The van der Waals surface area contributed by atoms with E-state index in [1.165, 1.54) is 16.7 Å². The van der Waals surface area contributed by atoms with Gasteiger partial charge in [-0.1, -0.05) is 72.8 Å². The molecule has 0 radical (unpaired) electrons. The summed E-state index contributed by atoms with van der Waals surface area (Å²) in [5.74, 6) is 1.31. The van der Waals surface area contributed by atoms with Crippen molar-refractivity contribution < 1.29 is 14.2 Å². The average Bonchev–Trinajstić information content (AvgIpc) is 2.87. The van der Waals surface area contributed by atoms with Gasteiger partial charge in [0.05, 0.1) is 32.5 Å². The molecule has 0 amide bonds. The van der Waals surface area contributed by atoms with Gasteiger partial charge in [0, 0.05) is 18.9 Å². The highest BCUT2D eigenvalue weighted by atomic mass is 16.5. The number of ether oxygens (including phenoxy) is 3. The molecule has 1 aliphatic rings. The molecule has 2 unspecified atom stereocenters. The van der Waals surface area contributed by atoms with Gasteiger partial charge in [-0.25, -0.2) is 0 Å². The Hall–Kier alpha value is -2.66. The predicted octanol–water partition coefficient (Wildman–Crippen LogP) is 5.33. The molecular formula is C28H33NO3. The van der Waals surface area contributed by atoms with Crippen molar-refractivity contribution in [1.29, 1.82) is 0 Å². The molecule has 1 saturated heterocycles. The van der Waals surface area contributed by atoms with Crippen LogP contribution >= 0.6 is 0 Å². The number of benzene rings is 3. The van der Waals surface area contributed by atoms with Crippen molar-refractivity contribution in [2.45, 2.75) is 38.1 Å². The zero-order valence-electron chi connectivity index (χ0n) is 18.6. The highest BCUT2D eigenvalue weighted by Crippen LogP contribution is 2.29. The van der Waals surface area contributed by atoms with Gasteiger partial charge < -0.3 is 19.5 Å². The third-order valence-electron chi connectivity index (χ3n) is 5.85. The van der Waals surface area contributed by atoms with Gasteiger partial charge in [0.25, 0.3) is 0 Å². The summed E-state index contributed by atoms with van der Waals surface area (Å²) >= 11 is 0. The lowest BCUT2D eigenvalue weighted by Crippen LogP contribution is -2.40. The van der Waals surface area contributed by atoms with E-state index in [1.54, 1.807) is 0 Å². The van der Waals surface area contributed by atoms with Gasteiger partial charge in [-0.3, -0.25) is 0 Å². The fraction of sp³-hybridized carbons (Fsp3) is 0.357. The van der Waals surface area contributed by atoms with E-state index in [9.17, 15) is 0 Å². The Kier molecular flexibility index (Phi) is 8.73. The van der Waals surface area contributed by atoms with E-state index >= 15 is 0 Å². The molecule has 32 heavy (non-hydrogen) atoms. The highest BCUT2D eigenvalue weighted by Gasteiger charge is 2.27. The molecule has 1 fully saturated rings. The summed E-state index contributed by atoms with van der Waals surface area (Å²) in [7, 11) is 0. The second-order valence-electron chi connectivity index (χ2n) is 8.24. The number of hydrogen-bond acceptors (Lipinski definition) is 4. The van der Waals surface area contributed by atoms with Crippen molar-refractivity contribution in [2.75, 3.05) is 26.3 Å². The van der Waals surface area contributed by atoms with Crippen LogP contribution in [0.15, 0.2) is 84.9 Å². The molecule has 0 aromatic heterocycles. The summed E-state index contributed by atoms with van der Waals surface area (Å²) in [4.78, 5) is 0. The number of nitrogens with one attached hydrogen (secondary N) is 1. The van der Waals surface area contributed by atoms with Crippen molar-refractivity contribution in [2.24, 2.45) is 0 Å². The maximum absolute atomic E-state index is 6.29. The summed E-state index contributed by atoms with van der Waals surface area (Å²) in [6.45, 7) is 4.57. The molecular weight excluding hydrogens is 398 g/mol. The normalized spacial score (nSPS) is 18.4. The third kappa shape index (κ3) is 6.92. The smallest absolute Gasteiger partial charge is 0.119 e. The monoisotopic (exact) mass is 431 g/mol. The minimum absolute atomic E-state index is 0.178. The first-order valence-electron chi connectivity index (χ1n) is 11.6. The minimum Gasteiger partial charge on any atom is -0.494 e. The molecule has 4 heteroatoms. The Morgan fingerprint density at radius 1 is 0.750 bits per heavy atom. The zero-order chi connectivity index (χ0) is 21.8. The van der Waals surface area contributed by atoms with Gasteiger partial charge in [-0.05, 0) is 41.8 Å². The minimum atomic E-state index is 0.178. The number of rotatable bonds is 11. The van der Waals surface area contributed by atoms with Crippen LogP contribution in [0.5, 0.6) is 5.75 Å². The Balaban J connectivity index is 1.20. The van der Waals surface area contributed by atoms with Gasteiger partial charge in [0.1, 0.15) is 5.75 Å². The largest absolute Gasteiger partial charge is 0.494 e. The summed E-state index contributed by atoms with van der Waals surface area (Å²) in [6.07, 6.45) is 2.13. The van der Waals surface area contributed by atoms with E-state index in [4.69, 9.17) is 14.2 Å². The molecule has 3 aromatic carbocycles. The van der Waals surface area contributed by atoms with Gasteiger partial charge in [-0.2, -0.15) is 0 Å². The molecule has 4 nitrogen and oxygen atoms in total. The fourth-order valence-electron chi connectivity index (χ4n) is 4.09. The molecule has 1 heterocycles. The van der Waals surface area contributed by atoms with Crippen molar-refractivity contribution >= 4 is 0 Å². The molecule has 3 aromatic rings. The second-order valence-corrected chi connectivity index (χ2v) is 8.24. The molecule has 2 atom stereocenters. The van der Waals surface area contributed by atoms with E-state index in [-0.39, 0.29) is 6.10 Å². The van der Waals surface area contributed by atoms with E-state index in [1.807, 2.05) is 24.3 Å². The molecule has 0 spiro atoms. The molecule has 4 rings (SSSR count). The van der Waals surface area contributed by atoms with Crippen LogP contribution in [0, 0.1) is 0 Å². The Morgan fingerprint density at radius 3 is 2.16 bits per heavy atom.